The van der Waals surface area contributed by atoms with Crippen LogP contribution < -0.4 is 31.0 Å². The predicted octanol–water partition coefficient (Wildman–Crippen LogP) is 3.10. The van der Waals surface area contributed by atoms with Crippen LogP contribution in [0.4, 0.5) is 20.2 Å². The van der Waals surface area contributed by atoms with Gasteiger partial charge in [0.1, 0.15) is 5.69 Å². The van der Waals surface area contributed by atoms with Gasteiger partial charge in [0.25, 0.3) is 5.56 Å². The Morgan fingerprint density at radius 1 is 1.15 bits per heavy atom. The highest BCUT2D eigenvalue weighted by molar-refractivity contribution is 5.83. The van der Waals surface area contributed by atoms with E-state index in [1.807, 2.05) is 0 Å². The SMILES string of the molecule is COc1cc(OC)c(F)c(N(CCCN)c2ccc3ncn(C4CCNCC4)c(=O)c3c2)c1F. The van der Waals surface area contributed by atoms with Gasteiger partial charge in [-0.3, -0.25) is 9.36 Å². The molecule has 0 radical (unpaired) electrons. The molecule has 1 aromatic heterocycles. The summed E-state index contributed by atoms with van der Waals surface area (Å²) in [5.41, 5.74) is 6.16. The lowest BCUT2D eigenvalue weighted by Crippen LogP contribution is -2.34. The van der Waals surface area contributed by atoms with Crippen LogP contribution in [0.2, 0.25) is 0 Å². The summed E-state index contributed by atoms with van der Waals surface area (Å²) in [5.74, 6) is -2.03. The minimum atomic E-state index is -0.865. The van der Waals surface area contributed by atoms with Crippen molar-refractivity contribution in [3.8, 4) is 11.5 Å². The Bertz CT molecular complexity index is 1200. The lowest BCUT2D eigenvalue weighted by molar-refractivity contribution is 0.359. The fraction of sp³-hybridized carbons (Fsp3) is 0.417. The van der Waals surface area contributed by atoms with Crippen molar-refractivity contribution in [1.29, 1.82) is 0 Å². The van der Waals surface area contributed by atoms with E-state index in [-0.39, 0.29) is 35.3 Å². The van der Waals surface area contributed by atoms with Crippen LogP contribution >= 0.6 is 0 Å². The minimum Gasteiger partial charge on any atom is -0.493 e. The first-order chi connectivity index (χ1) is 16.5. The van der Waals surface area contributed by atoms with Crippen molar-refractivity contribution in [2.45, 2.75) is 25.3 Å². The number of nitrogens with zero attached hydrogens (tertiary/aromatic N) is 3. The zero-order valence-electron chi connectivity index (χ0n) is 19.3. The molecule has 1 aliphatic heterocycles. The van der Waals surface area contributed by atoms with Gasteiger partial charge in [0.2, 0.25) is 0 Å². The molecule has 2 heterocycles. The Morgan fingerprint density at radius 3 is 2.44 bits per heavy atom. The topological polar surface area (TPSA) is 94.6 Å². The number of ether oxygens (including phenoxy) is 2. The van der Waals surface area contributed by atoms with Crippen LogP contribution in [0.1, 0.15) is 25.3 Å². The number of hydrogen-bond donors (Lipinski definition) is 2. The minimum absolute atomic E-state index is 0.0557. The number of hydrogen-bond acceptors (Lipinski definition) is 7. The van der Waals surface area contributed by atoms with E-state index in [0.717, 1.165) is 32.0 Å². The first-order valence-corrected chi connectivity index (χ1v) is 11.3. The Kier molecular flexibility index (Phi) is 7.28. The van der Waals surface area contributed by atoms with Crippen LogP contribution in [-0.4, -0.2) is 49.9 Å². The van der Waals surface area contributed by atoms with Gasteiger partial charge < -0.3 is 25.4 Å². The van der Waals surface area contributed by atoms with Gasteiger partial charge in [-0.2, -0.15) is 0 Å². The molecule has 34 heavy (non-hydrogen) atoms. The van der Waals surface area contributed by atoms with Gasteiger partial charge in [-0.05, 0) is 57.1 Å². The third-order valence-electron chi connectivity index (χ3n) is 6.19. The molecule has 1 aliphatic rings. The Labute approximate surface area is 196 Å². The van der Waals surface area contributed by atoms with Crippen LogP contribution in [-0.2, 0) is 0 Å². The highest BCUT2D eigenvalue weighted by atomic mass is 19.1. The van der Waals surface area contributed by atoms with E-state index in [1.54, 1.807) is 29.1 Å². The number of piperidine rings is 1. The van der Waals surface area contributed by atoms with Crippen LogP contribution in [0.3, 0.4) is 0 Å². The summed E-state index contributed by atoms with van der Waals surface area (Å²) < 4.78 is 42.5. The molecule has 0 bridgehead atoms. The molecule has 182 valence electrons. The summed E-state index contributed by atoms with van der Waals surface area (Å²) in [6, 6.07) is 6.22. The van der Waals surface area contributed by atoms with Gasteiger partial charge in [0.15, 0.2) is 23.1 Å². The molecule has 1 fully saturated rings. The molecule has 3 aromatic rings. The summed E-state index contributed by atoms with van der Waals surface area (Å²) in [5, 5.41) is 3.67. The second kappa shape index (κ2) is 10.4. The maximum Gasteiger partial charge on any atom is 0.261 e. The average molecular weight is 474 g/mol. The van der Waals surface area contributed by atoms with Gasteiger partial charge in [0.05, 0.1) is 31.4 Å². The monoisotopic (exact) mass is 473 g/mol. The van der Waals surface area contributed by atoms with E-state index in [2.05, 4.69) is 10.3 Å². The zero-order valence-corrected chi connectivity index (χ0v) is 19.3. The van der Waals surface area contributed by atoms with Crippen molar-refractivity contribution in [1.82, 2.24) is 14.9 Å². The Morgan fingerprint density at radius 2 is 1.82 bits per heavy atom. The molecule has 8 nitrogen and oxygen atoms in total. The largest absolute Gasteiger partial charge is 0.493 e. The molecule has 2 aromatic carbocycles. The van der Waals surface area contributed by atoms with E-state index in [9.17, 15) is 4.79 Å². The van der Waals surface area contributed by atoms with Crippen molar-refractivity contribution in [3.63, 3.8) is 0 Å². The average Bonchev–Trinajstić information content (AvgIpc) is 2.87. The number of methoxy groups -OCH3 is 2. The van der Waals surface area contributed by atoms with Crippen molar-refractivity contribution in [2.75, 3.05) is 45.3 Å². The molecule has 10 heteroatoms. The van der Waals surface area contributed by atoms with Gasteiger partial charge >= 0.3 is 0 Å². The Balaban J connectivity index is 1.87. The molecule has 1 saturated heterocycles. The number of rotatable bonds is 8. The first kappa shape index (κ1) is 23.9. The lowest BCUT2D eigenvalue weighted by Gasteiger charge is -2.27. The lowest BCUT2D eigenvalue weighted by atomic mass is 10.1. The predicted molar refractivity (Wildman–Crippen MR) is 127 cm³/mol. The number of anilines is 2. The molecule has 0 unspecified atom stereocenters. The van der Waals surface area contributed by atoms with Crippen molar-refractivity contribution >= 4 is 22.3 Å². The van der Waals surface area contributed by atoms with E-state index in [4.69, 9.17) is 15.2 Å². The van der Waals surface area contributed by atoms with Crippen molar-refractivity contribution in [2.24, 2.45) is 5.73 Å². The van der Waals surface area contributed by atoms with E-state index < -0.39 is 11.6 Å². The van der Waals surface area contributed by atoms with Gasteiger partial charge in [-0.1, -0.05) is 0 Å². The number of aromatic nitrogens is 2. The number of halogens is 2. The normalized spacial score (nSPS) is 14.4. The van der Waals surface area contributed by atoms with Crippen LogP contribution in [0.25, 0.3) is 10.9 Å². The fourth-order valence-corrected chi connectivity index (χ4v) is 4.37. The maximum atomic E-state index is 15.3. The summed E-state index contributed by atoms with van der Waals surface area (Å²) in [7, 11) is 2.60. The summed E-state index contributed by atoms with van der Waals surface area (Å²) >= 11 is 0. The second-order valence-electron chi connectivity index (χ2n) is 8.19. The first-order valence-electron chi connectivity index (χ1n) is 11.3. The molecular formula is C24H29F2N5O3. The molecule has 0 spiro atoms. The number of benzene rings is 2. The highest BCUT2D eigenvalue weighted by Gasteiger charge is 2.26. The smallest absolute Gasteiger partial charge is 0.261 e. The maximum absolute atomic E-state index is 15.3. The van der Waals surface area contributed by atoms with Crippen LogP contribution in [0.5, 0.6) is 11.5 Å². The van der Waals surface area contributed by atoms with Crippen molar-refractivity contribution in [3.05, 3.63) is 52.6 Å². The fourth-order valence-electron chi connectivity index (χ4n) is 4.37. The zero-order chi connectivity index (χ0) is 24.2. The van der Waals surface area contributed by atoms with Gasteiger partial charge in [-0.25, -0.2) is 13.8 Å². The number of fused-ring (bicyclic) bond motifs is 1. The second-order valence-corrected chi connectivity index (χ2v) is 8.19. The highest BCUT2D eigenvalue weighted by Crippen LogP contribution is 2.40. The molecule has 3 N–H and O–H groups in total. The molecular weight excluding hydrogens is 444 g/mol. The van der Waals surface area contributed by atoms with E-state index in [1.165, 1.54) is 19.1 Å². The molecule has 4 rings (SSSR count). The number of nitrogens with one attached hydrogen (secondary N) is 1. The van der Waals surface area contributed by atoms with Crippen LogP contribution in [0.15, 0.2) is 35.4 Å². The van der Waals surface area contributed by atoms with Crippen LogP contribution in [0, 0.1) is 11.6 Å². The third-order valence-corrected chi connectivity index (χ3v) is 6.19. The van der Waals surface area contributed by atoms with Crippen molar-refractivity contribution < 1.29 is 18.3 Å². The summed E-state index contributed by atoms with van der Waals surface area (Å²) in [6.45, 7) is 2.20. The third kappa shape index (κ3) is 4.43. The summed E-state index contributed by atoms with van der Waals surface area (Å²) in [6.07, 6.45) is 3.70. The molecule has 0 aliphatic carbocycles. The molecule has 0 atom stereocenters. The quantitative estimate of drug-likeness (QED) is 0.519. The standard InChI is InChI=1S/C24H29F2N5O3/c1-33-19-13-20(34-2)22(26)23(21(19)25)30(11-3-8-27)16-4-5-18-17(12-16)24(32)31(14-29-18)15-6-9-28-10-7-15/h4-5,12-15,28H,3,6-11,27H2,1-2H3. The van der Waals surface area contributed by atoms with Gasteiger partial charge in [-0.15, -0.1) is 0 Å². The number of nitrogens with two attached hydrogens (primary N) is 1. The van der Waals surface area contributed by atoms with E-state index in [0.29, 0.717) is 29.6 Å². The molecule has 0 amide bonds. The summed E-state index contributed by atoms with van der Waals surface area (Å²) in [4.78, 5) is 19.3. The van der Waals surface area contributed by atoms with E-state index >= 15 is 8.78 Å². The Hall–Kier alpha value is -3.24. The van der Waals surface area contributed by atoms with Gasteiger partial charge in [0, 0.05) is 24.3 Å². The molecule has 0 saturated carbocycles.